The van der Waals surface area contributed by atoms with Crippen LogP contribution < -0.4 is 5.32 Å². The number of nitrogens with one attached hydrogen (secondary N) is 1. The average Bonchev–Trinajstić information content (AvgIpc) is 3.23. The number of phosphoric ester groups is 1. The van der Waals surface area contributed by atoms with Crippen molar-refractivity contribution >= 4 is 13.7 Å². The lowest BCUT2D eigenvalue weighted by Gasteiger charge is -2.41. The highest BCUT2D eigenvalue weighted by atomic mass is 31.2. The molecule has 1 rings (SSSR count). The van der Waals surface area contributed by atoms with E-state index in [4.69, 9.17) is 9.05 Å². The Morgan fingerprint density at radius 1 is 0.590 bits per heavy atom. The van der Waals surface area contributed by atoms with Gasteiger partial charge >= 0.3 is 7.82 Å². The van der Waals surface area contributed by atoms with Crippen LogP contribution in [0.2, 0.25) is 0 Å². The van der Waals surface area contributed by atoms with Gasteiger partial charge in [0.15, 0.2) is 0 Å². The van der Waals surface area contributed by atoms with E-state index < -0.39 is 75.2 Å². The van der Waals surface area contributed by atoms with Crippen molar-refractivity contribution in [2.45, 2.75) is 236 Å². The van der Waals surface area contributed by atoms with Crippen molar-refractivity contribution in [2.75, 3.05) is 6.61 Å². The van der Waals surface area contributed by atoms with Crippen molar-refractivity contribution in [1.82, 2.24) is 5.32 Å². The number of hydrogen-bond donors (Lipinski definition) is 9. The van der Waals surface area contributed by atoms with E-state index in [-0.39, 0.29) is 6.42 Å². The predicted octanol–water partition coefficient (Wildman–Crippen LogP) is 7.92. The minimum absolute atomic E-state index is 0.263. The zero-order valence-corrected chi connectivity index (χ0v) is 38.5. The lowest BCUT2D eigenvalue weighted by Crippen LogP contribution is -2.64. The van der Waals surface area contributed by atoms with Gasteiger partial charge in [0.05, 0.1) is 31.3 Å². The average molecular weight is 888 g/mol. The van der Waals surface area contributed by atoms with Crippen LogP contribution in [0.4, 0.5) is 0 Å². The number of rotatable bonds is 38. The van der Waals surface area contributed by atoms with Crippen LogP contribution in [0, 0.1) is 0 Å². The van der Waals surface area contributed by atoms with Crippen LogP contribution in [-0.4, -0.2) is 108 Å². The first-order valence-corrected chi connectivity index (χ1v) is 25.2. The molecule has 0 aromatic heterocycles. The lowest BCUT2D eigenvalue weighted by atomic mass is 9.85. The van der Waals surface area contributed by atoms with Crippen molar-refractivity contribution in [1.29, 1.82) is 0 Å². The molecular weight excluding hydrogens is 801 g/mol. The number of aliphatic hydroxyl groups is 7. The smallest absolute Gasteiger partial charge is 0.393 e. The number of unbranched alkanes of at least 4 members (excludes halogenated alkanes) is 19. The van der Waals surface area contributed by atoms with Crippen LogP contribution in [0.3, 0.4) is 0 Å². The van der Waals surface area contributed by atoms with Gasteiger partial charge in [-0.3, -0.25) is 13.8 Å². The third-order valence-corrected chi connectivity index (χ3v) is 12.1. The van der Waals surface area contributed by atoms with Gasteiger partial charge in [-0.1, -0.05) is 159 Å². The molecule has 13 nitrogen and oxygen atoms in total. The molecule has 1 amide bonds. The first kappa shape index (κ1) is 57.3. The second kappa shape index (κ2) is 36.6. The van der Waals surface area contributed by atoms with Gasteiger partial charge in [-0.15, -0.1) is 0 Å². The first-order valence-electron chi connectivity index (χ1n) is 23.7. The summed E-state index contributed by atoms with van der Waals surface area (Å²) in [4.78, 5) is 23.4. The third-order valence-electron chi connectivity index (χ3n) is 11.1. The summed E-state index contributed by atoms with van der Waals surface area (Å²) in [7, 11) is -5.15. The Morgan fingerprint density at radius 3 is 1.57 bits per heavy atom. The number of amides is 1. The highest BCUT2D eigenvalue weighted by molar-refractivity contribution is 7.47. The van der Waals surface area contributed by atoms with Crippen LogP contribution >= 0.6 is 7.82 Å². The van der Waals surface area contributed by atoms with Gasteiger partial charge < -0.3 is 46.0 Å². The van der Waals surface area contributed by atoms with Crippen molar-refractivity contribution < 1.29 is 59.0 Å². The molecule has 0 heterocycles. The van der Waals surface area contributed by atoms with Gasteiger partial charge in [-0.05, 0) is 64.2 Å². The molecule has 8 unspecified atom stereocenters. The van der Waals surface area contributed by atoms with Crippen LogP contribution in [0.15, 0.2) is 48.6 Å². The predicted molar refractivity (Wildman–Crippen MR) is 243 cm³/mol. The molecule has 9 N–H and O–H groups in total. The molecule has 61 heavy (non-hydrogen) atoms. The minimum Gasteiger partial charge on any atom is -0.393 e. The maximum Gasteiger partial charge on any atom is 0.472 e. The van der Waals surface area contributed by atoms with Crippen molar-refractivity contribution in [3.05, 3.63) is 48.6 Å². The van der Waals surface area contributed by atoms with E-state index in [9.17, 15) is 50.0 Å². The summed E-state index contributed by atoms with van der Waals surface area (Å²) in [5, 5.41) is 74.4. The summed E-state index contributed by atoms with van der Waals surface area (Å²) < 4.78 is 22.9. The van der Waals surface area contributed by atoms with Crippen molar-refractivity contribution in [3.63, 3.8) is 0 Å². The fraction of sp³-hybridized carbons (Fsp3) is 0.809. The molecule has 0 saturated heterocycles. The number of phosphoric acid groups is 1. The zero-order valence-electron chi connectivity index (χ0n) is 37.6. The molecule has 8 atom stereocenters. The number of allylic oxidation sites excluding steroid dienone is 7. The van der Waals surface area contributed by atoms with Crippen LogP contribution in [0.1, 0.15) is 181 Å². The Labute approximate surface area is 368 Å². The van der Waals surface area contributed by atoms with Gasteiger partial charge in [0, 0.05) is 0 Å². The normalized spacial score (nSPS) is 23.6. The van der Waals surface area contributed by atoms with E-state index in [1.165, 1.54) is 83.1 Å². The van der Waals surface area contributed by atoms with Crippen LogP contribution in [0.5, 0.6) is 0 Å². The number of carbonyl (C=O) groups excluding carboxylic acids is 1. The first-order chi connectivity index (χ1) is 29.3. The van der Waals surface area contributed by atoms with E-state index >= 15 is 0 Å². The van der Waals surface area contributed by atoms with E-state index in [2.05, 4.69) is 55.6 Å². The molecule has 0 bridgehead atoms. The van der Waals surface area contributed by atoms with Gasteiger partial charge in [0.25, 0.3) is 0 Å². The molecule has 1 fully saturated rings. The van der Waals surface area contributed by atoms with Crippen LogP contribution in [-0.2, 0) is 18.4 Å². The molecule has 0 aromatic rings. The molecule has 1 aliphatic carbocycles. The molecule has 0 radical (unpaired) electrons. The number of hydrogen-bond acceptors (Lipinski definition) is 11. The Bertz CT molecular complexity index is 1230. The number of carbonyl (C=O) groups is 1. The quantitative estimate of drug-likeness (QED) is 0.0164. The maximum absolute atomic E-state index is 13.0. The minimum atomic E-state index is -5.15. The fourth-order valence-electron chi connectivity index (χ4n) is 7.23. The fourth-order valence-corrected chi connectivity index (χ4v) is 8.19. The third kappa shape index (κ3) is 28.6. The van der Waals surface area contributed by atoms with Crippen molar-refractivity contribution in [2.24, 2.45) is 0 Å². The lowest BCUT2D eigenvalue weighted by molar-refractivity contribution is -0.220. The van der Waals surface area contributed by atoms with E-state index in [1.807, 2.05) is 0 Å². The zero-order chi connectivity index (χ0) is 45.1. The highest BCUT2D eigenvalue weighted by Gasteiger charge is 2.51. The summed E-state index contributed by atoms with van der Waals surface area (Å²) in [5.74, 6) is -0.613. The topological polar surface area (TPSA) is 226 Å². The van der Waals surface area contributed by atoms with Gasteiger partial charge in [0.2, 0.25) is 5.91 Å². The second-order valence-electron chi connectivity index (χ2n) is 16.8. The van der Waals surface area contributed by atoms with Crippen molar-refractivity contribution in [3.8, 4) is 0 Å². The Hall–Kier alpha value is -1.74. The van der Waals surface area contributed by atoms with Gasteiger partial charge in [0.1, 0.15) is 36.6 Å². The van der Waals surface area contributed by atoms with E-state index in [1.54, 1.807) is 6.08 Å². The molecule has 0 aliphatic heterocycles. The molecule has 0 aromatic carbocycles. The summed E-state index contributed by atoms with van der Waals surface area (Å²) in [6, 6.07) is -1.26. The number of aliphatic hydroxyl groups excluding tert-OH is 7. The maximum atomic E-state index is 13.0. The Morgan fingerprint density at radius 2 is 1.02 bits per heavy atom. The largest absolute Gasteiger partial charge is 0.472 e. The SMILES string of the molecule is CCCCC/C=C\C/C=C\CCCCCCCC(O)CC(=O)NC(COP(=O)(O)OC1C(O)C(O)C(O)C(O)C1O)C(O)/C=C/CC/C=C/CCCCCCCCCCCC. The van der Waals surface area contributed by atoms with Gasteiger partial charge in [-0.2, -0.15) is 0 Å². The summed E-state index contributed by atoms with van der Waals surface area (Å²) in [6.45, 7) is 3.69. The molecular formula is C47H86NO12P. The highest BCUT2D eigenvalue weighted by Crippen LogP contribution is 2.47. The second-order valence-corrected chi connectivity index (χ2v) is 18.2. The molecule has 1 saturated carbocycles. The monoisotopic (exact) mass is 888 g/mol. The molecule has 14 heteroatoms. The Kier molecular flexibility index (Phi) is 34.3. The Balaban J connectivity index is 2.59. The molecule has 0 spiro atoms. The van der Waals surface area contributed by atoms with Crippen LogP contribution in [0.25, 0.3) is 0 Å². The van der Waals surface area contributed by atoms with E-state index in [0.717, 1.165) is 70.6 Å². The van der Waals surface area contributed by atoms with Gasteiger partial charge in [-0.25, -0.2) is 4.57 Å². The summed E-state index contributed by atoms with van der Waals surface area (Å²) in [5.41, 5.74) is 0. The standard InChI is InChI=1S/C47H86NO12P/c1-3-5-7-9-11-13-15-17-19-21-23-25-27-29-31-33-35-40(50)39(37-59-61(57,58)60-47-45(55)43(53)42(52)44(54)46(47)56)48-41(51)36-38(49)34-32-30-28-26-24-22-20-18-16-14-12-10-8-6-4-2/h12,14,18,20,25,27,33,35,38-40,42-47,49-50,52-56H,3-11,13,15-17,19,21-24,26,28-32,34,36-37H2,1-2H3,(H,48,51)(H,57,58)/b14-12-,20-18-,27-25+,35-33+. The van der Waals surface area contributed by atoms with E-state index in [0.29, 0.717) is 12.8 Å². The summed E-state index contributed by atoms with van der Waals surface area (Å²) >= 11 is 0. The summed E-state index contributed by atoms with van der Waals surface area (Å²) in [6.07, 6.45) is 29.1. The molecule has 356 valence electrons. The molecule has 1 aliphatic rings.